The zero-order valence-corrected chi connectivity index (χ0v) is 23.9. The van der Waals surface area contributed by atoms with Crippen LogP contribution in [0.4, 0.5) is 38.0 Å². The fourth-order valence-corrected chi connectivity index (χ4v) is 3.30. The van der Waals surface area contributed by atoms with Gasteiger partial charge in [0.15, 0.2) is 11.5 Å². The van der Waals surface area contributed by atoms with Crippen LogP contribution in [-0.4, -0.2) is 51.7 Å². The van der Waals surface area contributed by atoms with Gasteiger partial charge in [-0.05, 0) is 68.8 Å². The molecule has 7 N–H and O–H groups in total. The molecule has 0 bridgehead atoms. The van der Waals surface area contributed by atoms with Crippen molar-refractivity contribution in [2.75, 3.05) is 17.3 Å². The first-order valence-corrected chi connectivity index (χ1v) is 12.8. The molecule has 1 atom stereocenters. The Balaban J connectivity index is 0.000000900. The Labute approximate surface area is 252 Å². The van der Waals surface area contributed by atoms with Crippen molar-refractivity contribution in [3.63, 3.8) is 0 Å². The van der Waals surface area contributed by atoms with Gasteiger partial charge in [-0.15, -0.1) is 0 Å². The Morgan fingerprint density at radius 3 is 2.16 bits per heavy atom. The van der Waals surface area contributed by atoms with Gasteiger partial charge >= 0.3 is 18.3 Å². The number of nitrogen functional groups attached to an aromatic ring is 1. The number of carbonyl (C=O) groups excluding carboxylic acids is 1. The van der Waals surface area contributed by atoms with Crippen molar-refractivity contribution in [3.05, 3.63) is 71.5 Å². The molecule has 0 fully saturated rings. The number of amidine groups is 1. The van der Waals surface area contributed by atoms with Crippen molar-refractivity contribution in [2.45, 2.75) is 45.3 Å². The summed E-state index contributed by atoms with van der Waals surface area (Å²) in [7, 11) is 0. The fraction of sp³-hybridized carbons (Fsp3) is 0.296. The number of carbonyl (C=O) groups is 2. The molecule has 0 spiro atoms. The summed E-state index contributed by atoms with van der Waals surface area (Å²) in [5, 5.41) is 17.8. The second-order valence-corrected chi connectivity index (χ2v) is 9.05. The lowest BCUT2D eigenvalue weighted by molar-refractivity contribution is -0.192. The topological polar surface area (TPSA) is 185 Å². The van der Waals surface area contributed by atoms with Crippen molar-refractivity contribution in [2.24, 2.45) is 5.73 Å². The highest BCUT2D eigenvalue weighted by Gasteiger charge is 2.38. The first-order chi connectivity index (χ1) is 20.9. The minimum absolute atomic E-state index is 0.113. The summed E-state index contributed by atoms with van der Waals surface area (Å²) in [5.41, 5.74) is 10.5. The number of aromatic nitrogens is 2. The van der Waals surface area contributed by atoms with Gasteiger partial charge in [-0.2, -0.15) is 26.3 Å². The number of nitrogens with two attached hydrogens (primary N) is 1. The Bertz CT molecular complexity index is 1470. The molecule has 244 valence electrons. The molecule has 0 aliphatic rings. The Kier molecular flexibility index (Phi) is 12.3. The third-order valence-corrected chi connectivity index (χ3v) is 5.22. The number of hydrogen-bond acceptors (Lipinski definition) is 9. The van der Waals surface area contributed by atoms with Gasteiger partial charge in [0.1, 0.15) is 17.6 Å². The van der Waals surface area contributed by atoms with E-state index in [0.717, 1.165) is 12.3 Å². The molecule has 1 unspecified atom stereocenters. The van der Waals surface area contributed by atoms with Gasteiger partial charge in [-0.25, -0.2) is 14.8 Å². The summed E-state index contributed by atoms with van der Waals surface area (Å²) < 4.78 is 82.2. The first-order valence-electron chi connectivity index (χ1n) is 12.8. The van der Waals surface area contributed by atoms with E-state index in [2.05, 4.69) is 26.1 Å². The lowest BCUT2D eigenvalue weighted by Crippen LogP contribution is -2.37. The summed E-state index contributed by atoms with van der Waals surface area (Å²) in [5.74, 6) is -3.05. The molecule has 1 amide bonds. The molecular weight excluding hydrogens is 616 g/mol. The van der Waals surface area contributed by atoms with Crippen molar-refractivity contribution in [1.82, 2.24) is 15.4 Å². The number of rotatable bonds is 11. The number of hydrogen-bond donors (Lipinski definition) is 6. The number of halogens is 6. The van der Waals surface area contributed by atoms with E-state index in [1.165, 1.54) is 0 Å². The Morgan fingerprint density at radius 2 is 1.64 bits per heavy atom. The maximum absolute atomic E-state index is 13.3. The van der Waals surface area contributed by atoms with E-state index in [4.69, 9.17) is 30.5 Å². The Morgan fingerprint density at radius 1 is 1.02 bits per heavy atom. The van der Waals surface area contributed by atoms with E-state index < -0.39 is 41.9 Å². The van der Waals surface area contributed by atoms with Crippen LogP contribution in [-0.2, 0) is 15.8 Å². The number of hydrazine groups is 1. The second kappa shape index (κ2) is 15.4. The molecule has 18 heteroatoms. The number of nitrogens with zero attached hydrogens (tertiary/aromatic N) is 2. The average Bonchev–Trinajstić information content (AvgIpc) is 2.95. The lowest BCUT2D eigenvalue weighted by Gasteiger charge is -2.22. The molecule has 0 saturated carbocycles. The predicted molar refractivity (Wildman–Crippen MR) is 150 cm³/mol. The molecule has 2 aromatic carbocycles. The minimum atomic E-state index is -5.08. The van der Waals surface area contributed by atoms with Crippen molar-refractivity contribution < 1.29 is 50.5 Å². The molecule has 12 nitrogen and oxygen atoms in total. The summed E-state index contributed by atoms with van der Waals surface area (Å²) in [6.07, 6.45) is -8.94. The number of aliphatic carboxylic acids is 1. The maximum Gasteiger partial charge on any atom is 0.490 e. The number of benzene rings is 2. The maximum atomic E-state index is 13.3. The second-order valence-electron chi connectivity index (χ2n) is 9.05. The summed E-state index contributed by atoms with van der Waals surface area (Å²) >= 11 is 0. The molecule has 0 aliphatic carbocycles. The average molecular weight is 646 g/mol. The van der Waals surface area contributed by atoms with Crippen LogP contribution in [0.2, 0.25) is 0 Å². The molecule has 0 saturated heterocycles. The molecule has 45 heavy (non-hydrogen) atoms. The van der Waals surface area contributed by atoms with Crippen LogP contribution in [0.1, 0.15) is 43.6 Å². The van der Waals surface area contributed by atoms with E-state index in [9.17, 15) is 31.1 Å². The molecule has 1 aromatic heterocycles. The van der Waals surface area contributed by atoms with E-state index >= 15 is 0 Å². The number of carboxylic acid groups (broad SMARTS) is 1. The van der Waals surface area contributed by atoms with Crippen molar-refractivity contribution >= 4 is 29.3 Å². The number of alkyl halides is 6. The number of carboxylic acids is 1. The van der Waals surface area contributed by atoms with Gasteiger partial charge in [0.25, 0.3) is 5.91 Å². The normalized spacial score (nSPS) is 11.9. The zero-order chi connectivity index (χ0) is 33.9. The molecule has 0 aliphatic heterocycles. The largest absolute Gasteiger partial charge is 0.490 e. The molecule has 3 aromatic rings. The standard InChI is InChI=1S/C25H28F3N7O3.C2HF3O2/c1-4-37-19-13-16(7-10-18(19)38-14(2)3)21(32-17-8-5-15(6-9-17)22(29)30)23(36)34-35-24-31-12-11-20(33-24)25(26,27)28;3-2(4,5)1(6)7/h5-14,21,32H,4H2,1-3H3,(H3,29,30)(H,34,36)(H,31,33,35);(H,6,7). The van der Waals surface area contributed by atoms with Gasteiger partial charge < -0.3 is 25.6 Å². The summed E-state index contributed by atoms with van der Waals surface area (Å²) in [6, 6.07) is 11.2. The summed E-state index contributed by atoms with van der Waals surface area (Å²) in [4.78, 5) is 29.3. The number of ether oxygens (including phenoxy) is 2. The van der Waals surface area contributed by atoms with E-state index in [-0.39, 0.29) is 11.9 Å². The van der Waals surface area contributed by atoms with E-state index in [1.54, 1.807) is 42.5 Å². The molecule has 1 heterocycles. The van der Waals surface area contributed by atoms with Crippen LogP contribution in [0, 0.1) is 5.41 Å². The van der Waals surface area contributed by atoms with Crippen molar-refractivity contribution in [1.29, 1.82) is 5.41 Å². The van der Waals surface area contributed by atoms with E-state index in [0.29, 0.717) is 34.9 Å². The quantitative estimate of drug-likeness (QED) is 0.0726. The third-order valence-electron chi connectivity index (χ3n) is 5.22. The summed E-state index contributed by atoms with van der Waals surface area (Å²) in [6.45, 7) is 5.90. The molecule has 0 radical (unpaired) electrons. The minimum Gasteiger partial charge on any atom is -0.490 e. The van der Waals surface area contributed by atoms with Crippen LogP contribution < -0.4 is 31.4 Å². The van der Waals surface area contributed by atoms with Crippen LogP contribution in [0.5, 0.6) is 11.5 Å². The highest BCUT2D eigenvalue weighted by molar-refractivity contribution is 5.95. The molecular formula is C27H29F6N7O5. The number of amides is 1. The van der Waals surface area contributed by atoms with Crippen LogP contribution >= 0.6 is 0 Å². The lowest BCUT2D eigenvalue weighted by atomic mass is 10.0. The van der Waals surface area contributed by atoms with Gasteiger partial charge in [0.05, 0.1) is 12.7 Å². The molecule has 3 rings (SSSR count). The number of nitrogens with one attached hydrogen (secondary N) is 4. The SMILES string of the molecule is CCOc1cc(C(Nc2ccc(C(=N)N)cc2)C(=O)NNc2nccc(C(F)(F)F)n2)ccc1OC(C)C.O=C(O)C(F)(F)F. The van der Waals surface area contributed by atoms with Crippen molar-refractivity contribution in [3.8, 4) is 11.5 Å². The first kappa shape index (κ1) is 35.9. The van der Waals surface area contributed by atoms with E-state index in [1.807, 2.05) is 20.8 Å². The number of anilines is 2. The van der Waals surface area contributed by atoms with Gasteiger partial charge in [-0.1, -0.05) is 6.07 Å². The monoisotopic (exact) mass is 645 g/mol. The van der Waals surface area contributed by atoms with Crippen LogP contribution in [0.25, 0.3) is 0 Å². The predicted octanol–water partition coefficient (Wildman–Crippen LogP) is 4.90. The third kappa shape index (κ3) is 11.4. The zero-order valence-electron chi connectivity index (χ0n) is 23.9. The highest BCUT2D eigenvalue weighted by atomic mass is 19.4. The Hall–Kier alpha value is -5.29. The smallest absolute Gasteiger partial charge is 0.490 e. The highest BCUT2D eigenvalue weighted by Crippen LogP contribution is 2.33. The fourth-order valence-electron chi connectivity index (χ4n) is 3.30. The van der Waals surface area contributed by atoms with Gasteiger partial charge in [0.2, 0.25) is 5.95 Å². The van der Waals surface area contributed by atoms with Crippen LogP contribution in [0.15, 0.2) is 54.7 Å². The van der Waals surface area contributed by atoms with Crippen LogP contribution in [0.3, 0.4) is 0 Å². The van der Waals surface area contributed by atoms with Gasteiger partial charge in [-0.3, -0.25) is 21.1 Å². The van der Waals surface area contributed by atoms with Gasteiger partial charge in [0, 0.05) is 17.4 Å².